The smallest absolute Gasteiger partial charge is 0.309 e. The summed E-state index contributed by atoms with van der Waals surface area (Å²) in [4.78, 5) is 12.7. The molecule has 0 radical (unpaired) electrons. The number of ether oxygens (including phenoxy) is 1. The van der Waals surface area contributed by atoms with Gasteiger partial charge in [-0.1, -0.05) is 91.0 Å². The summed E-state index contributed by atoms with van der Waals surface area (Å²) in [5, 5.41) is 0. The van der Waals surface area contributed by atoms with Crippen molar-refractivity contribution in [1.82, 2.24) is 0 Å². The Kier molecular flexibility index (Phi) is 6.00. The molecule has 0 aliphatic rings. The summed E-state index contributed by atoms with van der Waals surface area (Å²) >= 11 is 0. The van der Waals surface area contributed by atoms with Crippen molar-refractivity contribution < 1.29 is 9.53 Å². The van der Waals surface area contributed by atoms with E-state index in [4.69, 9.17) is 4.74 Å². The van der Waals surface area contributed by atoms with Gasteiger partial charge in [0.25, 0.3) is 0 Å². The number of benzene rings is 3. The highest BCUT2D eigenvalue weighted by Crippen LogP contribution is 2.17. The molecule has 0 fully saturated rings. The van der Waals surface area contributed by atoms with E-state index in [0.29, 0.717) is 19.4 Å². The van der Waals surface area contributed by atoms with E-state index in [1.165, 1.54) is 0 Å². The Bertz CT molecular complexity index is 725. The van der Waals surface area contributed by atoms with Crippen molar-refractivity contribution in [1.29, 1.82) is 0 Å². The van der Waals surface area contributed by atoms with Crippen LogP contribution in [0.5, 0.6) is 0 Å². The lowest BCUT2D eigenvalue weighted by Gasteiger charge is -2.16. The first-order valence-corrected chi connectivity index (χ1v) is 8.59. The lowest BCUT2D eigenvalue weighted by atomic mass is 9.92. The second-order valence-electron chi connectivity index (χ2n) is 6.17. The zero-order valence-electron chi connectivity index (χ0n) is 14.2. The summed E-state index contributed by atoms with van der Waals surface area (Å²) in [6.07, 6.45) is 1.37. The van der Waals surface area contributed by atoms with Crippen LogP contribution in [0.3, 0.4) is 0 Å². The minimum atomic E-state index is -0.187. The van der Waals surface area contributed by atoms with Crippen LogP contribution in [0.1, 0.15) is 16.7 Å². The van der Waals surface area contributed by atoms with E-state index in [0.717, 1.165) is 16.7 Å². The highest BCUT2D eigenvalue weighted by atomic mass is 16.5. The van der Waals surface area contributed by atoms with E-state index >= 15 is 0 Å². The van der Waals surface area contributed by atoms with E-state index in [2.05, 4.69) is 24.3 Å². The quantitative estimate of drug-likeness (QED) is 0.580. The Hall–Kier alpha value is -2.87. The molecule has 3 aromatic rings. The molecule has 3 aromatic carbocycles. The molecular weight excluding hydrogens is 308 g/mol. The average Bonchev–Trinajstić information content (AvgIpc) is 2.68. The van der Waals surface area contributed by atoms with Crippen molar-refractivity contribution in [3.05, 3.63) is 108 Å². The third-order valence-electron chi connectivity index (χ3n) is 4.21. The first-order chi connectivity index (χ1) is 12.3. The van der Waals surface area contributed by atoms with E-state index in [1.54, 1.807) is 0 Å². The van der Waals surface area contributed by atoms with Gasteiger partial charge in [-0.3, -0.25) is 4.79 Å². The molecule has 0 spiro atoms. The van der Waals surface area contributed by atoms with Crippen LogP contribution in [0.15, 0.2) is 91.0 Å². The van der Waals surface area contributed by atoms with Crippen LogP contribution in [-0.4, -0.2) is 5.97 Å². The van der Waals surface area contributed by atoms with Crippen LogP contribution in [0.4, 0.5) is 0 Å². The Morgan fingerprint density at radius 1 is 0.640 bits per heavy atom. The predicted octanol–water partition coefficient (Wildman–Crippen LogP) is 4.83. The fourth-order valence-electron chi connectivity index (χ4n) is 2.88. The normalized spacial score (nSPS) is 10.6. The molecule has 0 amide bonds. The van der Waals surface area contributed by atoms with Crippen molar-refractivity contribution in [2.24, 2.45) is 5.92 Å². The van der Waals surface area contributed by atoms with E-state index in [-0.39, 0.29) is 11.9 Å². The largest absolute Gasteiger partial charge is 0.461 e. The lowest BCUT2D eigenvalue weighted by molar-refractivity contribution is -0.149. The maximum atomic E-state index is 12.7. The molecule has 0 unspecified atom stereocenters. The summed E-state index contributed by atoms with van der Waals surface area (Å²) in [6, 6.07) is 30.0. The van der Waals surface area contributed by atoms with Gasteiger partial charge < -0.3 is 4.74 Å². The van der Waals surface area contributed by atoms with Crippen molar-refractivity contribution >= 4 is 5.97 Å². The number of hydrogen-bond donors (Lipinski definition) is 0. The molecule has 2 heteroatoms. The number of carbonyl (C=O) groups excluding carboxylic acids is 1. The summed E-state index contributed by atoms with van der Waals surface area (Å²) in [6.45, 7) is 0.319. The number of hydrogen-bond acceptors (Lipinski definition) is 2. The molecular formula is C23H22O2. The zero-order valence-corrected chi connectivity index (χ0v) is 14.2. The van der Waals surface area contributed by atoms with Crippen molar-refractivity contribution in [3.8, 4) is 0 Å². The summed E-state index contributed by atoms with van der Waals surface area (Å²) < 4.78 is 5.60. The molecule has 0 aliphatic heterocycles. The van der Waals surface area contributed by atoms with Gasteiger partial charge in [0.1, 0.15) is 6.61 Å². The molecule has 0 aliphatic carbocycles. The molecule has 0 atom stereocenters. The maximum absolute atomic E-state index is 12.7. The maximum Gasteiger partial charge on any atom is 0.309 e. The van der Waals surface area contributed by atoms with Crippen LogP contribution in [0.25, 0.3) is 0 Å². The van der Waals surface area contributed by atoms with Crippen molar-refractivity contribution in [2.45, 2.75) is 19.4 Å². The van der Waals surface area contributed by atoms with Crippen molar-refractivity contribution in [2.75, 3.05) is 0 Å². The second kappa shape index (κ2) is 8.84. The van der Waals surface area contributed by atoms with Crippen LogP contribution < -0.4 is 0 Å². The first-order valence-electron chi connectivity index (χ1n) is 8.59. The monoisotopic (exact) mass is 330 g/mol. The van der Waals surface area contributed by atoms with Crippen molar-refractivity contribution in [3.63, 3.8) is 0 Å². The SMILES string of the molecule is O=C(OCc1ccccc1)C(Cc1ccccc1)Cc1ccccc1. The van der Waals surface area contributed by atoms with E-state index in [9.17, 15) is 4.79 Å². The standard InChI is InChI=1S/C23H22O2/c24-23(25-18-21-14-8-3-9-15-21)22(16-19-10-4-1-5-11-19)17-20-12-6-2-7-13-20/h1-15,22H,16-18H2. The molecule has 3 rings (SSSR count). The lowest BCUT2D eigenvalue weighted by Crippen LogP contribution is -2.22. The number of rotatable bonds is 7. The molecule has 0 heterocycles. The molecule has 0 saturated carbocycles. The highest BCUT2D eigenvalue weighted by molar-refractivity contribution is 5.73. The second-order valence-corrected chi connectivity index (χ2v) is 6.17. The summed E-state index contributed by atoms with van der Waals surface area (Å²) in [5.41, 5.74) is 3.31. The van der Waals surface area contributed by atoms with Gasteiger partial charge in [0.2, 0.25) is 0 Å². The fourth-order valence-corrected chi connectivity index (χ4v) is 2.88. The Morgan fingerprint density at radius 3 is 1.48 bits per heavy atom. The van der Waals surface area contributed by atoms with Gasteiger partial charge >= 0.3 is 5.97 Å². The van der Waals surface area contributed by atoms with Gasteiger partial charge in [-0.15, -0.1) is 0 Å². The number of carbonyl (C=O) groups is 1. The molecule has 126 valence electrons. The Balaban J connectivity index is 1.69. The van der Waals surface area contributed by atoms with Gasteiger partial charge in [0, 0.05) is 0 Å². The molecule has 0 bridgehead atoms. The average molecular weight is 330 g/mol. The Labute approximate surface area is 149 Å². The molecule has 25 heavy (non-hydrogen) atoms. The van der Waals surface area contributed by atoms with Gasteiger partial charge in [0.05, 0.1) is 5.92 Å². The molecule has 0 aromatic heterocycles. The molecule has 0 N–H and O–H groups in total. The van der Waals surface area contributed by atoms with E-state index in [1.807, 2.05) is 66.7 Å². The first kappa shape index (κ1) is 17.0. The molecule has 2 nitrogen and oxygen atoms in total. The number of esters is 1. The fraction of sp³-hybridized carbons (Fsp3) is 0.174. The van der Waals surface area contributed by atoms with Crippen LogP contribution in [0, 0.1) is 5.92 Å². The van der Waals surface area contributed by atoms with Crippen LogP contribution in [-0.2, 0) is 29.0 Å². The third kappa shape index (κ3) is 5.32. The zero-order chi connectivity index (χ0) is 17.3. The van der Waals surface area contributed by atoms with Gasteiger partial charge in [-0.05, 0) is 29.5 Å². The minimum absolute atomic E-state index is 0.142. The van der Waals surface area contributed by atoms with Gasteiger partial charge in [-0.2, -0.15) is 0 Å². The predicted molar refractivity (Wildman–Crippen MR) is 100 cm³/mol. The molecule has 0 saturated heterocycles. The van der Waals surface area contributed by atoms with Gasteiger partial charge in [0.15, 0.2) is 0 Å². The van der Waals surface area contributed by atoms with E-state index < -0.39 is 0 Å². The van der Waals surface area contributed by atoms with Crippen LogP contribution >= 0.6 is 0 Å². The van der Waals surface area contributed by atoms with Gasteiger partial charge in [-0.25, -0.2) is 0 Å². The highest BCUT2D eigenvalue weighted by Gasteiger charge is 2.21. The topological polar surface area (TPSA) is 26.3 Å². The summed E-state index contributed by atoms with van der Waals surface area (Å²) in [5.74, 6) is -0.329. The summed E-state index contributed by atoms with van der Waals surface area (Å²) in [7, 11) is 0. The Morgan fingerprint density at radius 2 is 1.04 bits per heavy atom. The van der Waals surface area contributed by atoms with Crippen LogP contribution in [0.2, 0.25) is 0 Å². The third-order valence-corrected chi connectivity index (χ3v) is 4.21. The minimum Gasteiger partial charge on any atom is -0.461 e.